The summed E-state index contributed by atoms with van der Waals surface area (Å²) in [7, 11) is -3.62. The molecule has 6 nitrogen and oxygen atoms in total. The second-order valence-corrected chi connectivity index (χ2v) is 6.90. The lowest BCUT2D eigenvalue weighted by Gasteiger charge is -2.36. The number of hydrogen-bond donors (Lipinski definition) is 1. The van der Waals surface area contributed by atoms with E-state index in [9.17, 15) is 13.2 Å². The van der Waals surface area contributed by atoms with Gasteiger partial charge in [0.05, 0.1) is 0 Å². The lowest BCUT2D eigenvalue weighted by molar-refractivity contribution is -0.140. The van der Waals surface area contributed by atoms with Crippen LogP contribution in [-0.4, -0.2) is 53.3 Å². The van der Waals surface area contributed by atoms with Gasteiger partial charge in [-0.15, -0.1) is 0 Å². The maximum absolute atomic E-state index is 12.5. The predicted octanol–water partition coefficient (Wildman–Crippen LogP) is 0.655. The molecule has 0 bridgehead atoms. The number of aliphatic carboxylic acids is 1. The molecule has 2 rings (SSSR count). The molecule has 0 amide bonds. The Hall–Kier alpha value is -0.660. The first-order valence-corrected chi connectivity index (χ1v) is 7.85. The molecule has 1 unspecified atom stereocenters. The number of hydrogen-bond acceptors (Lipinski definition) is 3. The Kier molecular flexibility index (Phi) is 3.93. The first-order chi connectivity index (χ1) is 8.44. The Morgan fingerprint density at radius 1 is 1.11 bits per heavy atom. The van der Waals surface area contributed by atoms with E-state index >= 15 is 0 Å². The molecule has 0 spiro atoms. The molecule has 0 saturated carbocycles. The van der Waals surface area contributed by atoms with E-state index in [1.807, 2.05) is 6.92 Å². The summed E-state index contributed by atoms with van der Waals surface area (Å²) >= 11 is 0. The summed E-state index contributed by atoms with van der Waals surface area (Å²) in [6.07, 6.45) is 3.78. The maximum atomic E-state index is 12.5. The smallest absolute Gasteiger partial charge is 0.322 e. The van der Waals surface area contributed by atoms with Gasteiger partial charge < -0.3 is 5.11 Å². The molecular formula is C11H20N2O4S. The van der Waals surface area contributed by atoms with Gasteiger partial charge in [0.2, 0.25) is 0 Å². The highest BCUT2D eigenvalue weighted by atomic mass is 32.2. The average Bonchev–Trinajstić information content (AvgIpc) is 2.78. The van der Waals surface area contributed by atoms with Crippen LogP contribution in [0, 0.1) is 0 Å². The molecule has 0 aliphatic carbocycles. The topological polar surface area (TPSA) is 77.9 Å². The Morgan fingerprint density at radius 3 is 2.39 bits per heavy atom. The molecule has 104 valence electrons. The third-order valence-corrected chi connectivity index (χ3v) is 5.99. The highest BCUT2D eigenvalue weighted by molar-refractivity contribution is 7.86. The lowest BCUT2D eigenvalue weighted by Crippen LogP contribution is -2.52. The van der Waals surface area contributed by atoms with Gasteiger partial charge in [-0.2, -0.15) is 17.0 Å². The molecule has 2 saturated heterocycles. The first-order valence-electron chi connectivity index (χ1n) is 6.46. The quantitative estimate of drug-likeness (QED) is 0.821. The Balaban J connectivity index is 2.22. The van der Waals surface area contributed by atoms with Gasteiger partial charge in [-0.25, -0.2) is 0 Å². The average molecular weight is 276 g/mol. The van der Waals surface area contributed by atoms with Crippen LogP contribution in [0.1, 0.15) is 39.0 Å². The summed E-state index contributed by atoms with van der Waals surface area (Å²) in [6, 6.07) is -0.914. The van der Waals surface area contributed by atoms with Gasteiger partial charge in [-0.3, -0.25) is 4.79 Å². The van der Waals surface area contributed by atoms with Crippen molar-refractivity contribution in [2.75, 3.05) is 13.1 Å². The minimum atomic E-state index is -3.62. The van der Waals surface area contributed by atoms with Crippen LogP contribution < -0.4 is 0 Å². The van der Waals surface area contributed by atoms with Crippen molar-refractivity contribution in [3.05, 3.63) is 0 Å². The Morgan fingerprint density at radius 2 is 1.78 bits per heavy atom. The molecule has 18 heavy (non-hydrogen) atoms. The molecule has 1 N–H and O–H groups in total. The van der Waals surface area contributed by atoms with Crippen molar-refractivity contribution in [3.8, 4) is 0 Å². The van der Waals surface area contributed by atoms with Crippen molar-refractivity contribution < 1.29 is 18.3 Å². The molecule has 0 aromatic rings. The van der Waals surface area contributed by atoms with Crippen molar-refractivity contribution >= 4 is 16.2 Å². The zero-order chi connectivity index (χ0) is 13.3. The second kappa shape index (κ2) is 5.14. The number of nitrogens with zero attached hydrogens (tertiary/aromatic N) is 2. The molecule has 2 aliphatic rings. The van der Waals surface area contributed by atoms with Crippen molar-refractivity contribution in [3.63, 3.8) is 0 Å². The number of piperidine rings is 1. The van der Waals surface area contributed by atoms with Gasteiger partial charge in [0.25, 0.3) is 10.2 Å². The Bertz CT molecular complexity index is 423. The standard InChI is InChI=1S/C11H20N2O4S/c1-9-5-2-3-7-12(9)18(16,17)13-8-4-6-10(13)11(14)15/h9-10H,2-8H2,1H3,(H,14,15)/t9?,10-/m1/s1. The molecule has 2 atom stereocenters. The van der Waals surface area contributed by atoms with E-state index in [-0.39, 0.29) is 6.04 Å². The fourth-order valence-corrected chi connectivity index (χ4v) is 4.88. The molecule has 0 aromatic heterocycles. The molecule has 2 heterocycles. The number of carboxylic acid groups (broad SMARTS) is 1. The van der Waals surface area contributed by atoms with Crippen LogP contribution in [-0.2, 0) is 15.0 Å². The SMILES string of the molecule is CC1CCCCN1S(=O)(=O)N1CCC[C@@H]1C(=O)O. The molecular weight excluding hydrogens is 256 g/mol. The van der Waals surface area contributed by atoms with Crippen molar-refractivity contribution in [2.24, 2.45) is 0 Å². The van der Waals surface area contributed by atoms with Crippen LogP contribution in [0.5, 0.6) is 0 Å². The van der Waals surface area contributed by atoms with Gasteiger partial charge in [0.1, 0.15) is 6.04 Å². The van der Waals surface area contributed by atoms with Gasteiger partial charge in [-0.1, -0.05) is 6.42 Å². The van der Waals surface area contributed by atoms with E-state index < -0.39 is 22.2 Å². The van der Waals surface area contributed by atoms with E-state index in [0.29, 0.717) is 25.9 Å². The molecule has 0 radical (unpaired) electrons. The van der Waals surface area contributed by atoms with Gasteiger partial charge >= 0.3 is 5.97 Å². The van der Waals surface area contributed by atoms with E-state index in [1.165, 1.54) is 4.31 Å². The highest BCUT2D eigenvalue weighted by Crippen LogP contribution is 2.28. The second-order valence-electron chi connectivity index (χ2n) is 5.07. The van der Waals surface area contributed by atoms with Crippen LogP contribution in [0.4, 0.5) is 0 Å². The first kappa shape index (κ1) is 13.8. The summed E-state index contributed by atoms with van der Waals surface area (Å²) < 4.78 is 27.6. The molecule has 7 heteroatoms. The summed E-state index contributed by atoms with van der Waals surface area (Å²) in [5, 5.41) is 9.09. The van der Waals surface area contributed by atoms with Gasteiger partial charge in [0, 0.05) is 19.1 Å². The van der Waals surface area contributed by atoms with Gasteiger partial charge in [0.15, 0.2) is 0 Å². The fraction of sp³-hybridized carbons (Fsp3) is 0.909. The third-order valence-electron chi connectivity index (χ3n) is 3.82. The number of carboxylic acids is 1. The van der Waals surface area contributed by atoms with Crippen molar-refractivity contribution in [1.82, 2.24) is 8.61 Å². The van der Waals surface area contributed by atoms with Gasteiger partial charge in [-0.05, 0) is 32.6 Å². The zero-order valence-electron chi connectivity index (χ0n) is 10.6. The summed E-state index contributed by atoms with van der Waals surface area (Å²) in [6.45, 7) is 2.72. The summed E-state index contributed by atoms with van der Waals surface area (Å²) in [4.78, 5) is 11.1. The number of rotatable bonds is 3. The number of carbonyl (C=O) groups is 1. The van der Waals surface area contributed by atoms with E-state index in [2.05, 4.69) is 0 Å². The van der Waals surface area contributed by atoms with Crippen LogP contribution in [0.15, 0.2) is 0 Å². The van der Waals surface area contributed by atoms with Crippen LogP contribution in [0.3, 0.4) is 0 Å². The van der Waals surface area contributed by atoms with Crippen LogP contribution in [0.25, 0.3) is 0 Å². The highest BCUT2D eigenvalue weighted by Gasteiger charge is 2.43. The zero-order valence-corrected chi connectivity index (χ0v) is 11.4. The maximum Gasteiger partial charge on any atom is 0.322 e. The Labute approximate surface area is 108 Å². The van der Waals surface area contributed by atoms with Crippen LogP contribution in [0.2, 0.25) is 0 Å². The van der Waals surface area contributed by atoms with Crippen LogP contribution >= 0.6 is 0 Å². The fourth-order valence-electron chi connectivity index (χ4n) is 2.81. The normalized spacial score (nSPS) is 31.6. The van der Waals surface area contributed by atoms with Crippen molar-refractivity contribution in [1.29, 1.82) is 0 Å². The predicted molar refractivity (Wildman–Crippen MR) is 66.3 cm³/mol. The van der Waals surface area contributed by atoms with E-state index in [4.69, 9.17) is 5.11 Å². The third kappa shape index (κ3) is 2.39. The van der Waals surface area contributed by atoms with E-state index in [1.54, 1.807) is 0 Å². The summed E-state index contributed by atoms with van der Waals surface area (Å²) in [5.74, 6) is -1.04. The van der Waals surface area contributed by atoms with E-state index in [0.717, 1.165) is 23.6 Å². The lowest BCUT2D eigenvalue weighted by atomic mass is 10.1. The largest absolute Gasteiger partial charge is 0.480 e. The molecule has 0 aromatic carbocycles. The minimum absolute atomic E-state index is 0.0289. The minimum Gasteiger partial charge on any atom is -0.480 e. The van der Waals surface area contributed by atoms with Crippen molar-refractivity contribution in [2.45, 2.75) is 51.1 Å². The monoisotopic (exact) mass is 276 g/mol. The summed E-state index contributed by atoms with van der Waals surface area (Å²) in [5.41, 5.74) is 0. The molecule has 2 fully saturated rings. The molecule has 2 aliphatic heterocycles.